The van der Waals surface area contributed by atoms with Crippen LogP contribution in [0.3, 0.4) is 0 Å². The second kappa shape index (κ2) is 5.50. The fourth-order valence-corrected chi connectivity index (χ4v) is 3.06. The minimum Gasteiger partial charge on any atom is -0.383 e. The number of carbonyl (C=O) groups excluding carboxylic acids is 1. The first-order valence-corrected chi connectivity index (χ1v) is 7.63. The van der Waals surface area contributed by atoms with E-state index in [1.807, 2.05) is 30.3 Å². The minimum atomic E-state index is -3.69. The Morgan fingerprint density at radius 3 is 2.59 bits per heavy atom. The molecule has 1 heterocycles. The third-order valence-electron chi connectivity index (χ3n) is 4.65. The standard InChI is InChI=1S/C16H20F2N2O2/c17-16(18,15(22)8-4-9-15)14(21)20-10-7-13(11-20)19-12-5-2-1-3-6-12/h1-3,5-6,13,19,22H,4,7-11H2. The van der Waals surface area contributed by atoms with Crippen LogP contribution < -0.4 is 5.32 Å². The molecule has 0 aromatic heterocycles. The molecule has 1 aliphatic carbocycles. The third-order valence-corrected chi connectivity index (χ3v) is 4.65. The number of hydrogen-bond acceptors (Lipinski definition) is 3. The van der Waals surface area contributed by atoms with Crippen molar-refractivity contribution in [2.45, 2.75) is 43.2 Å². The van der Waals surface area contributed by atoms with Crippen LogP contribution in [-0.4, -0.2) is 46.6 Å². The molecule has 4 nitrogen and oxygen atoms in total. The first-order chi connectivity index (χ1) is 10.4. The maximum atomic E-state index is 14.2. The number of halogens is 2. The molecular formula is C16H20F2N2O2. The molecule has 1 unspecified atom stereocenters. The monoisotopic (exact) mass is 310 g/mol. The lowest BCUT2D eigenvalue weighted by atomic mass is 9.75. The zero-order valence-corrected chi connectivity index (χ0v) is 12.3. The van der Waals surface area contributed by atoms with Crippen LogP contribution in [0.1, 0.15) is 25.7 Å². The van der Waals surface area contributed by atoms with Gasteiger partial charge in [0.2, 0.25) is 0 Å². The van der Waals surface area contributed by atoms with Crippen LogP contribution in [0, 0.1) is 0 Å². The summed E-state index contributed by atoms with van der Waals surface area (Å²) in [5, 5.41) is 13.1. The zero-order chi connectivity index (χ0) is 15.8. The number of alkyl halides is 2. The van der Waals surface area contributed by atoms with E-state index >= 15 is 0 Å². The van der Waals surface area contributed by atoms with Crippen LogP contribution >= 0.6 is 0 Å². The van der Waals surface area contributed by atoms with Crippen LogP contribution in [0.5, 0.6) is 0 Å². The topological polar surface area (TPSA) is 52.6 Å². The Hall–Kier alpha value is -1.69. The molecule has 2 fully saturated rings. The van der Waals surface area contributed by atoms with Gasteiger partial charge in [-0.15, -0.1) is 0 Å². The number of carbonyl (C=O) groups is 1. The molecule has 0 radical (unpaired) electrons. The number of aliphatic hydroxyl groups is 1. The highest BCUT2D eigenvalue weighted by molar-refractivity contribution is 5.85. The molecule has 6 heteroatoms. The van der Waals surface area contributed by atoms with E-state index in [0.29, 0.717) is 12.8 Å². The van der Waals surface area contributed by atoms with Gasteiger partial charge in [0.25, 0.3) is 5.91 Å². The van der Waals surface area contributed by atoms with Gasteiger partial charge in [-0.25, -0.2) is 0 Å². The Bertz CT molecular complexity index is 546. The van der Waals surface area contributed by atoms with Crippen molar-refractivity contribution in [1.82, 2.24) is 4.90 Å². The molecule has 0 bridgehead atoms. The highest BCUT2D eigenvalue weighted by Crippen LogP contribution is 2.45. The van der Waals surface area contributed by atoms with Crippen molar-refractivity contribution in [3.05, 3.63) is 30.3 Å². The lowest BCUT2D eigenvalue weighted by Gasteiger charge is -2.42. The Kier molecular flexibility index (Phi) is 3.80. The number of amides is 1. The molecule has 1 amide bonds. The largest absolute Gasteiger partial charge is 0.383 e. The van der Waals surface area contributed by atoms with Gasteiger partial charge in [0.1, 0.15) is 5.60 Å². The van der Waals surface area contributed by atoms with E-state index in [-0.39, 0.29) is 32.0 Å². The molecule has 2 N–H and O–H groups in total. The molecule has 0 spiro atoms. The molecule has 120 valence electrons. The number of rotatable bonds is 4. The fraction of sp³-hybridized carbons (Fsp3) is 0.562. The van der Waals surface area contributed by atoms with Gasteiger partial charge < -0.3 is 15.3 Å². The molecule has 1 aliphatic heterocycles. The van der Waals surface area contributed by atoms with Crippen molar-refractivity contribution in [2.24, 2.45) is 0 Å². The number of nitrogens with one attached hydrogen (secondary N) is 1. The summed E-state index contributed by atoms with van der Waals surface area (Å²) >= 11 is 0. The van der Waals surface area contributed by atoms with E-state index in [1.54, 1.807) is 0 Å². The molecule has 1 aromatic carbocycles. The molecule has 1 atom stereocenters. The van der Waals surface area contributed by atoms with Crippen molar-refractivity contribution in [1.29, 1.82) is 0 Å². The number of benzene rings is 1. The van der Waals surface area contributed by atoms with Crippen molar-refractivity contribution in [3.63, 3.8) is 0 Å². The fourth-order valence-electron chi connectivity index (χ4n) is 3.06. The molecule has 1 aromatic rings. The molecular weight excluding hydrogens is 290 g/mol. The molecule has 22 heavy (non-hydrogen) atoms. The SMILES string of the molecule is O=C(N1CCC(Nc2ccccc2)C1)C(F)(F)C1(O)CCC1. The highest BCUT2D eigenvalue weighted by atomic mass is 19.3. The van der Waals surface area contributed by atoms with Crippen LogP contribution in [0.25, 0.3) is 0 Å². The predicted octanol–water partition coefficient (Wildman–Crippen LogP) is 2.25. The van der Waals surface area contributed by atoms with E-state index in [4.69, 9.17) is 0 Å². The maximum absolute atomic E-state index is 14.2. The second-order valence-electron chi connectivity index (χ2n) is 6.21. The summed E-state index contributed by atoms with van der Waals surface area (Å²) in [6.07, 6.45) is 1.14. The van der Waals surface area contributed by atoms with Gasteiger partial charge >= 0.3 is 5.92 Å². The van der Waals surface area contributed by atoms with Crippen LogP contribution in [0.4, 0.5) is 14.5 Å². The number of anilines is 1. The number of nitrogens with zero attached hydrogens (tertiary/aromatic N) is 1. The Labute approximate surface area is 128 Å². The Morgan fingerprint density at radius 2 is 2.00 bits per heavy atom. The lowest BCUT2D eigenvalue weighted by Crippen LogP contribution is -2.61. The summed E-state index contributed by atoms with van der Waals surface area (Å²) < 4.78 is 28.4. The first-order valence-electron chi connectivity index (χ1n) is 7.63. The zero-order valence-electron chi connectivity index (χ0n) is 12.3. The van der Waals surface area contributed by atoms with Crippen LogP contribution in [-0.2, 0) is 4.79 Å². The summed E-state index contributed by atoms with van der Waals surface area (Å²) in [6, 6.07) is 9.43. The summed E-state index contributed by atoms with van der Waals surface area (Å²) in [5.41, 5.74) is -1.24. The molecule has 1 saturated heterocycles. The highest BCUT2D eigenvalue weighted by Gasteiger charge is 2.62. The second-order valence-corrected chi connectivity index (χ2v) is 6.21. The average molecular weight is 310 g/mol. The van der Waals surface area contributed by atoms with E-state index in [2.05, 4.69) is 5.32 Å². The molecule has 3 rings (SSSR count). The number of para-hydroxylation sites is 1. The van der Waals surface area contributed by atoms with Crippen molar-refractivity contribution in [3.8, 4) is 0 Å². The maximum Gasteiger partial charge on any atom is 0.352 e. The normalized spacial score (nSPS) is 24.0. The van der Waals surface area contributed by atoms with Crippen molar-refractivity contribution < 1.29 is 18.7 Å². The van der Waals surface area contributed by atoms with Gasteiger partial charge in [0.15, 0.2) is 0 Å². The number of likely N-dealkylation sites (tertiary alicyclic amines) is 1. The summed E-state index contributed by atoms with van der Waals surface area (Å²) in [6.45, 7) is 0.522. The van der Waals surface area contributed by atoms with Crippen molar-refractivity contribution in [2.75, 3.05) is 18.4 Å². The summed E-state index contributed by atoms with van der Waals surface area (Å²) in [7, 11) is 0. The van der Waals surface area contributed by atoms with Crippen LogP contribution in [0.15, 0.2) is 30.3 Å². The average Bonchev–Trinajstić information content (AvgIpc) is 2.93. The smallest absolute Gasteiger partial charge is 0.352 e. The van der Waals surface area contributed by atoms with Gasteiger partial charge in [0, 0.05) is 24.8 Å². The third kappa shape index (κ3) is 2.56. The Balaban J connectivity index is 1.61. The molecule has 2 aliphatic rings. The minimum absolute atomic E-state index is 0.00866. The lowest BCUT2D eigenvalue weighted by molar-refractivity contribution is -0.222. The number of hydrogen-bond donors (Lipinski definition) is 2. The van der Waals surface area contributed by atoms with E-state index in [0.717, 1.165) is 10.6 Å². The van der Waals surface area contributed by atoms with Gasteiger partial charge in [0.05, 0.1) is 0 Å². The van der Waals surface area contributed by atoms with Gasteiger partial charge in [-0.3, -0.25) is 4.79 Å². The quantitative estimate of drug-likeness (QED) is 0.897. The van der Waals surface area contributed by atoms with E-state index < -0.39 is 17.4 Å². The summed E-state index contributed by atoms with van der Waals surface area (Å²) in [5.74, 6) is -4.93. The van der Waals surface area contributed by atoms with Gasteiger partial charge in [-0.2, -0.15) is 8.78 Å². The van der Waals surface area contributed by atoms with E-state index in [1.165, 1.54) is 0 Å². The van der Waals surface area contributed by atoms with Gasteiger partial charge in [-0.1, -0.05) is 18.2 Å². The van der Waals surface area contributed by atoms with Gasteiger partial charge in [-0.05, 0) is 37.8 Å². The van der Waals surface area contributed by atoms with Crippen LogP contribution in [0.2, 0.25) is 0 Å². The molecule has 1 saturated carbocycles. The Morgan fingerprint density at radius 1 is 1.32 bits per heavy atom. The predicted molar refractivity (Wildman–Crippen MR) is 78.8 cm³/mol. The first kappa shape index (κ1) is 15.2. The van der Waals surface area contributed by atoms with E-state index in [9.17, 15) is 18.7 Å². The summed E-state index contributed by atoms with van der Waals surface area (Å²) in [4.78, 5) is 13.3. The van der Waals surface area contributed by atoms with Crippen molar-refractivity contribution >= 4 is 11.6 Å².